The van der Waals surface area contributed by atoms with Gasteiger partial charge in [-0.15, -0.1) is 0 Å². The predicted octanol–water partition coefficient (Wildman–Crippen LogP) is 11.9. The minimum absolute atomic E-state index is 0.0125. The molecule has 0 radical (unpaired) electrons. The van der Waals surface area contributed by atoms with Gasteiger partial charge in [-0.3, -0.25) is 19.2 Å². The average molecular weight is 1220 g/mol. The van der Waals surface area contributed by atoms with E-state index in [-0.39, 0.29) is 49.6 Å². The van der Waals surface area contributed by atoms with Crippen molar-refractivity contribution in [2.24, 2.45) is 5.41 Å². The fraction of sp³-hybridized carbons (Fsp3) is 0.378. The van der Waals surface area contributed by atoms with Crippen LogP contribution in [0.2, 0.25) is 0 Å². The molecule has 0 atom stereocenters. The summed E-state index contributed by atoms with van der Waals surface area (Å²) in [6, 6.07) is 28.2. The molecule has 4 aromatic rings. The smallest absolute Gasteiger partial charge is 0.178 e. The van der Waals surface area contributed by atoms with Gasteiger partial charge in [0.05, 0.1) is 13.7 Å². The van der Waals surface area contributed by atoms with Crippen LogP contribution in [0.5, 0.6) is 23.0 Å². The van der Waals surface area contributed by atoms with Gasteiger partial charge in [-0.1, -0.05) is 90.4 Å². The second-order valence-electron chi connectivity index (χ2n) is 16.0. The molecule has 12 heteroatoms. The molecule has 0 saturated carbocycles. The maximum absolute atomic E-state index is 12.9. The number of alkyl halides is 4. The summed E-state index contributed by atoms with van der Waals surface area (Å²) in [6.45, 7) is 15.3. The molecule has 4 aromatic carbocycles. The van der Waals surface area contributed by atoms with E-state index < -0.39 is 19.1 Å². The maximum Gasteiger partial charge on any atom is 0.178 e. The summed E-state index contributed by atoms with van der Waals surface area (Å²) in [4.78, 5) is 51.7. The molecule has 4 rings (SSSR count). The molecule has 0 amide bonds. The van der Waals surface area contributed by atoms with Gasteiger partial charge in [0, 0.05) is 22.3 Å². The summed E-state index contributed by atoms with van der Waals surface area (Å²) in [6.07, 6.45) is 0. The summed E-state index contributed by atoms with van der Waals surface area (Å²) in [5.74, 6) is 2.22. The van der Waals surface area contributed by atoms with E-state index in [4.69, 9.17) is 18.9 Å². The lowest BCUT2D eigenvalue weighted by atomic mass is 9.91. The number of Topliss-reactive ketones (excluding diaryl/α,β-unsaturated/α-hetero) is 4. The molecule has 57 heavy (non-hydrogen) atoms. The number of benzene rings is 4. The zero-order valence-electron chi connectivity index (χ0n) is 33.3. The first-order chi connectivity index (χ1) is 26.4. The van der Waals surface area contributed by atoms with Gasteiger partial charge in [0.25, 0.3) is 0 Å². The first-order valence-corrected chi connectivity index (χ1v) is 22.6. The molecule has 0 aliphatic rings. The molecule has 304 valence electrons. The second-order valence-corrected chi connectivity index (χ2v) is 26.7. The van der Waals surface area contributed by atoms with Gasteiger partial charge in [0.2, 0.25) is 0 Å². The Morgan fingerprint density at radius 2 is 0.509 bits per heavy atom. The number of halogens is 4. The molecule has 0 aliphatic carbocycles. The molecule has 0 fully saturated rings. The van der Waals surface area contributed by atoms with Crippen molar-refractivity contribution >= 4 is 113 Å². The number of ketones is 4. The normalized spacial score (nSPS) is 12.4. The quantitative estimate of drug-likeness (QED) is 0.0490. The summed E-state index contributed by atoms with van der Waals surface area (Å²) < 4.78 is 23.5. The zero-order valence-corrected chi connectivity index (χ0v) is 42.0. The Bertz CT molecular complexity index is 1720. The van der Waals surface area contributed by atoms with Crippen molar-refractivity contribution in [1.82, 2.24) is 0 Å². The lowest BCUT2D eigenvalue weighted by Crippen LogP contribution is -2.45. The molecule has 0 spiro atoms. The van der Waals surface area contributed by atoms with E-state index in [0.717, 1.165) is 0 Å². The highest BCUT2D eigenvalue weighted by Gasteiger charge is 2.37. The Kier molecular flexibility index (Phi) is 16.1. The molecule has 0 heterocycles. The van der Waals surface area contributed by atoms with Crippen molar-refractivity contribution in [3.8, 4) is 23.0 Å². The zero-order chi connectivity index (χ0) is 42.4. The Labute approximate surface area is 390 Å². The molecule has 0 aromatic heterocycles. The number of hydrogen-bond donors (Lipinski definition) is 0. The number of carbonyl (C=O) groups is 4. The third-order valence-corrected chi connectivity index (χ3v) is 10.8. The molecule has 0 bridgehead atoms. The van der Waals surface area contributed by atoms with Crippen LogP contribution in [0.3, 0.4) is 0 Å². The summed E-state index contributed by atoms with van der Waals surface area (Å²) >= 11 is 8.54. The molecular formula is C45H48I4O8. The van der Waals surface area contributed by atoms with Crippen LogP contribution < -0.4 is 18.9 Å². The van der Waals surface area contributed by atoms with Gasteiger partial charge in [-0.2, -0.15) is 0 Å². The van der Waals surface area contributed by atoms with Crippen LogP contribution in [0.4, 0.5) is 0 Å². The minimum atomic E-state index is -0.950. The van der Waals surface area contributed by atoms with Crippen molar-refractivity contribution in [2.45, 2.75) is 69.1 Å². The number of ether oxygens (including phenoxy) is 4. The predicted molar refractivity (Wildman–Crippen MR) is 260 cm³/mol. The fourth-order valence-corrected chi connectivity index (χ4v) is 6.62. The van der Waals surface area contributed by atoms with Crippen molar-refractivity contribution in [3.63, 3.8) is 0 Å². The average Bonchev–Trinajstić information content (AvgIpc) is 3.15. The topological polar surface area (TPSA) is 105 Å². The Morgan fingerprint density at radius 1 is 0.351 bits per heavy atom. The molecule has 8 nitrogen and oxygen atoms in total. The van der Waals surface area contributed by atoms with E-state index in [1.54, 1.807) is 97.1 Å². The van der Waals surface area contributed by atoms with Gasteiger partial charge < -0.3 is 18.9 Å². The Morgan fingerprint density at radius 3 is 0.649 bits per heavy atom. The highest BCUT2D eigenvalue weighted by atomic mass is 127. The number of rotatable bonds is 20. The maximum atomic E-state index is 12.9. The van der Waals surface area contributed by atoms with Crippen molar-refractivity contribution in [1.29, 1.82) is 0 Å². The summed E-state index contributed by atoms with van der Waals surface area (Å²) in [7, 11) is 0. The van der Waals surface area contributed by atoms with E-state index in [1.807, 2.05) is 55.4 Å². The van der Waals surface area contributed by atoms with E-state index >= 15 is 0 Å². The van der Waals surface area contributed by atoms with Crippen LogP contribution in [0.25, 0.3) is 0 Å². The fourth-order valence-electron chi connectivity index (χ4n) is 5.38. The molecule has 0 saturated heterocycles. The standard InChI is InChI=1S/C45H48I4O8/c1-41(2,46)37(50)29-9-17-33(18-10-29)54-25-45(26-55-34-19-11-30(12-20-34)38(51)42(3,4)47,27-56-35-21-13-31(14-22-35)39(52)43(5,6)48)28-57-36-23-15-32(16-24-36)40(53)44(7,8)49/h9-24H,25-28H2,1-8H3. The van der Waals surface area contributed by atoms with Crippen molar-refractivity contribution < 1.29 is 38.1 Å². The third-order valence-electron chi connectivity index (χ3n) is 8.81. The van der Waals surface area contributed by atoms with E-state index in [1.165, 1.54) is 0 Å². The van der Waals surface area contributed by atoms with Gasteiger partial charge in [-0.25, -0.2) is 0 Å². The van der Waals surface area contributed by atoms with Crippen LogP contribution in [0.1, 0.15) is 96.8 Å². The van der Waals surface area contributed by atoms with Gasteiger partial charge in [0.1, 0.15) is 54.8 Å². The highest BCUT2D eigenvalue weighted by Crippen LogP contribution is 2.31. The molecular weight excluding hydrogens is 1180 g/mol. The van der Waals surface area contributed by atoms with Crippen molar-refractivity contribution in [3.05, 3.63) is 119 Å². The lowest BCUT2D eigenvalue weighted by molar-refractivity contribution is -0.00352. The largest absolute Gasteiger partial charge is 0.493 e. The summed E-state index contributed by atoms with van der Waals surface area (Å²) in [5.41, 5.74) is 1.37. The Balaban J connectivity index is 1.68. The SMILES string of the molecule is CC(C)(I)C(=O)c1ccc(OCC(COc2ccc(C(=O)C(C)(C)I)cc2)(COc2ccc(C(=O)C(C)(C)I)cc2)COc2ccc(C(=O)C(C)(C)I)cc2)cc1. The van der Waals surface area contributed by atoms with Gasteiger partial charge in [0.15, 0.2) is 23.1 Å². The minimum Gasteiger partial charge on any atom is -0.493 e. The van der Waals surface area contributed by atoms with Crippen LogP contribution >= 0.6 is 90.4 Å². The number of carbonyl (C=O) groups excluding carboxylic acids is 4. The van der Waals surface area contributed by atoms with E-state index in [0.29, 0.717) is 45.3 Å². The first-order valence-electron chi connectivity index (χ1n) is 18.2. The van der Waals surface area contributed by atoms with Gasteiger partial charge >= 0.3 is 0 Å². The first kappa shape index (κ1) is 47.4. The molecule has 0 aliphatic heterocycles. The van der Waals surface area contributed by atoms with Crippen LogP contribution in [0.15, 0.2) is 97.1 Å². The van der Waals surface area contributed by atoms with Crippen LogP contribution in [0, 0.1) is 5.41 Å². The van der Waals surface area contributed by atoms with Crippen molar-refractivity contribution in [2.75, 3.05) is 26.4 Å². The summed E-state index contributed by atoms with van der Waals surface area (Å²) in [5, 5.41) is 0. The van der Waals surface area contributed by atoms with E-state index in [9.17, 15) is 19.2 Å². The highest BCUT2D eigenvalue weighted by molar-refractivity contribution is 14.1. The van der Waals surface area contributed by atoms with Crippen LogP contribution in [-0.4, -0.2) is 63.2 Å². The number of hydrogen-bond acceptors (Lipinski definition) is 8. The van der Waals surface area contributed by atoms with E-state index in [2.05, 4.69) is 90.4 Å². The van der Waals surface area contributed by atoms with Gasteiger partial charge in [-0.05, 0) is 152 Å². The lowest BCUT2D eigenvalue weighted by Gasteiger charge is -2.33. The Hall–Kier alpha value is -2.32. The monoisotopic (exact) mass is 1220 g/mol. The third kappa shape index (κ3) is 13.9. The molecule has 0 unspecified atom stereocenters. The second kappa shape index (κ2) is 19.4. The molecule has 0 N–H and O–H groups in total. The van der Waals surface area contributed by atoms with Crippen LogP contribution in [-0.2, 0) is 0 Å².